The third kappa shape index (κ3) is 4.44. The monoisotopic (exact) mass is 279 g/mol. The maximum Gasteiger partial charge on any atom is 0.340 e. The number of carbonyl (C=O) groups is 2. The fourth-order valence-corrected chi connectivity index (χ4v) is 1.99. The molecule has 0 heterocycles. The Labute approximate surface area is 117 Å². The zero-order chi connectivity index (χ0) is 14.3. The van der Waals surface area contributed by atoms with E-state index in [0.717, 1.165) is 4.90 Å². The minimum atomic E-state index is -0.831. The number of hydrogen-bond donors (Lipinski definition) is 1. The van der Waals surface area contributed by atoms with Crippen LogP contribution in [-0.4, -0.2) is 30.8 Å². The first-order chi connectivity index (χ1) is 9.10. The molecule has 102 valence electrons. The van der Waals surface area contributed by atoms with Crippen molar-refractivity contribution in [2.75, 3.05) is 12.8 Å². The molecular weight excluding hydrogens is 262 g/mol. The number of nitrogens with one attached hydrogen (secondary N) is 1. The molecule has 1 unspecified atom stereocenters. The van der Waals surface area contributed by atoms with Crippen LogP contribution in [0.25, 0.3) is 0 Å². The summed E-state index contributed by atoms with van der Waals surface area (Å²) < 4.78 is 5.14. The number of ether oxygens (including phenoxy) is 1. The average molecular weight is 279 g/mol. The molecule has 0 aromatic heterocycles. The molecule has 0 saturated heterocycles. The molecule has 1 N–H and O–H groups in total. The van der Waals surface area contributed by atoms with Crippen LogP contribution in [0.5, 0.6) is 0 Å². The molecule has 4 nitrogen and oxygen atoms in total. The minimum Gasteiger partial charge on any atom is -0.449 e. The topological polar surface area (TPSA) is 55.4 Å². The molecule has 0 bridgehead atoms. The molecule has 5 heteroatoms. The summed E-state index contributed by atoms with van der Waals surface area (Å²) in [6, 6.07) is 7.13. The number of amides is 1. The highest BCUT2D eigenvalue weighted by Crippen LogP contribution is 2.20. The number of esters is 1. The van der Waals surface area contributed by atoms with Crippen LogP contribution in [0.3, 0.4) is 0 Å². The Bertz CT molecular complexity index is 474. The predicted octanol–water partition coefficient (Wildman–Crippen LogP) is 2.26. The maximum absolute atomic E-state index is 12.0. The smallest absolute Gasteiger partial charge is 0.340 e. The van der Waals surface area contributed by atoms with E-state index in [9.17, 15) is 9.59 Å². The molecule has 0 saturated carbocycles. The van der Waals surface area contributed by atoms with Crippen LogP contribution in [0.2, 0.25) is 0 Å². The van der Waals surface area contributed by atoms with E-state index < -0.39 is 12.1 Å². The fourth-order valence-electron chi connectivity index (χ4n) is 1.41. The van der Waals surface area contributed by atoms with Crippen molar-refractivity contribution in [3.8, 4) is 0 Å². The minimum absolute atomic E-state index is 0.338. The van der Waals surface area contributed by atoms with Crippen LogP contribution in [0.15, 0.2) is 41.8 Å². The Hall–Kier alpha value is -1.75. The lowest BCUT2D eigenvalue weighted by molar-refractivity contribution is -0.128. The third-order valence-corrected chi connectivity index (χ3v) is 3.20. The van der Waals surface area contributed by atoms with Crippen molar-refractivity contribution in [3.05, 3.63) is 42.5 Å². The van der Waals surface area contributed by atoms with Gasteiger partial charge in [-0.15, -0.1) is 18.3 Å². The van der Waals surface area contributed by atoms with Crippen molar-refractivity contribution in [2.45, 2.75) is 17.9 Å². The Morgan fingerprint density at radius 2 is 2.16 bits per heavy atom. The molecule has 1 aromatic rings. The molecule has 0 radical (unpaired) electrons. The van der Waals surface area contributed by atoms with Gasteiger partial charge in [-0.25, -0.2) is 4.79 Å². The fraction of sp³-hybridized carbons (Fsp3) is 0.286. The van der Waals surface area contributed by atoms with Crippen molar-refractivity contribution in [1.82, 2.24) is 5.32 Å². The van der Waals surface area contributed by atoms with Gasteiger partial charge in [0.15, 0.2) is 6.10 Å². The Morgan fingerprint density at radius 3 is 2.79 bits per heavy atom. The van der Waals surface area contributed by atoms with E-state index in [4.69, 9.17) is 4.74 Å². The molecule has 0 aliphatic rings. The van der Waals surface area contributed by atoms with E-state index in [-0.39, 0.29) is 5.91 Å². The van der Waals surface area contributed by atoms with Crippen molar-refractivity contribution in [3.63, 3.8) is 0 Å². The highest BCUT2D eigenvalue weighted by Gasteiger charge is 2.19. The Morgan fingerprint density at radius 1 is 1.47 bits per heavy atom. The van der Waals surface area contributed by atoms with E-state index in [1.54, 1.807) is 18.2 Å². The van der Waals surface area contributed by atoms with Gasteiger partial charge < -0.3 is 10.1 Å². The Kier molecular flexibility index (Phi) is 6.15. The lowest BCUT2D eigenvalue weighted by Crippen LogP contribution is -2.35. The van der Waals surface area contributed by atoms with Crippen molar-refractivity contribution in [1.29, 1.82) is 0 Å². The normalized spacial score (nSPS) is 11.5. The van der Waals surface area contributed by atoms with E-state index >= 15 is 0 Å². The van der Waals surface area contributed by atoms with Crippen LogP contribution in [0.4, 0.5) is 0 Å². The molecule has 0 spiro atoms. The molecule has 0 aliphatic carbocycles. The van der Waals surface area contributed by atoms with E-state index in [0.29, 0.717) is 12.1 Å². The number of carbonyl (C=O) groups excluding carboxylic acids is 2. The molecule has 19 heavy (non-hydrogen) atoms. The highest BCUT2D eigenvalue weighted by atomic mass is 32.2. The molecule has 1 atom stereocenters. The molecular formula is C14H17NO3S. The van der Waals surface area contributed by atoms with Gasteiger partial charge in [-0.1, -0.05) is 18.2 Å². The highest BCUT2D eigenvalue weighted by molar-refractivity contribution is 7.98. The summed E-state index contributed by atoms with van der Waals surface area (Å²) in [7, 11) is 0. The maximum atomic E-state index is 12.0. The van der Waals surface area contributed by atoms with E-state index in [2.05, 4.69) is 11.9 Å². The molecule has 0 fully saturated rings. The summed E-state index contributed by atoms with van der Waals surface area (Å²) in [5.41, 5.74) is 0.471. The summed E-state index contributed by atoms with van der Waals surface area (Å²) in [4.78, 5) is 24.4. The zero-order valence-corrected chi connectivity index (χ0v) is 11.8. The van der Waals surface area contributed by atoms with Gasteiger partial charge in [0.1, 0.15) is 0 Å². The van der Waals surface area contributed by atoms with Gasteiger partial charge in [0.05, 0.1) is 5.56 Å². The lowest BCUT2D eigenvalue weighted by Gasteiger charge is -2.13. The molecule has 0 aliphatic heterocycles. The SMILES string of the molecule is C=CCNC(=O)C(C)OC(=O)c1ccccc1SC. The second-order valence-corrected chi connectivity index (χ2v) is 4.63. The average Bonchev–Trinajstić information content (AvgIpc) is 2.44. The number of benzene rings is 1. The second kappa shape index (κ2) is 7.63. The standard InChI is InChI=1S/C14H17NO3S/c1-4-9-15-13(16)10(2)18-14(17)11-7-5-6-8-12(11)19-3/h4-8,10H,1,9H2,2-3H3,(H,15,16). The van der Waals surface area contributed by atoms with Crippen LogP contribution in [0, 0.1) is 0 Å². The third-order valence-electron chi connectivity index (χ3n) is 2.40. The van der Waals surface area contributed by atoms with Crippen molar-refractivity contribution >= 4 is 23.6 Å². The summed E-state index contributed by atoms with van der Waals surface area (Å²) in [5.74, 6) is -0.832. The molecule has 1 rings (SSSR count). The van der Waals surface area contributed by atoms with E-state index in [1.165, 1.54) is 18.7 Å². The first-order valence-electron chi connectivity index (χ1n) is 5.82. The summed E-state index contributed by atoms with van der Waals surface area (Å²) in [6.07, 6.45) is 2.62. The van der Waals surface area contributed by atoms with Gasteiger partial charge in [-0.3, -0.25) is 4.79 Å². The van der Waals surface area contributed by atoms with Crippen molar-refractivity contribution < 1.29 is 14.3 Å². The number of hydrogen-bond acceptors (Lipinski definition) is 4. The van der Waals surface area contributed by atoms with Gasteiger partial charge in [-0.05, 0) is 25.3 Å². The first kappa shape index (κ1) is 15.3. The zero-order valence-electron chi connectivity index (χ0n) is 11.0. The van der Waals surface area contributed by atoms with Crippen LogP contribution < -0.4 is 5.32 Å². The summed E-state index contributed by atoms with van der Waals surface area (Å²) >= 11 is 1.46. The summed E-state index contributed by atoms with van der Waals surface area (Å²) in [5, 5.41) is 2.58. The predicted molar refractivity (Wildman–Crippen MR) is 76.3 cm³/mol. The van der Waals surface area contributed by atoms with Crippen molar-refractivity contribution in [2.24, 2.45) is 0 Å². The quantitative estimate of drug-likeness (QED) is 0.493. The van der Waals surface area contributed by atoms with E-state index in [1.807, 2.05) is 18.4 Å². The second-order valence-electron chi connectivity index (χ2n) is 3.78. The summed E-state index contributed by atoms with van der Waals surface area (Å²) in [6.45, 7) is 5.39. The van der Waals surface area contributed by atoms with Gasteiger partial charge in [0.2, 0.25) is 0 Å². The number of thioether (sulfide) groups is 1. The lowest BCUT2D eigenvalue weighted by atomic mass is 10.2. The first-order valence-corrected chi connectivity index (χ1v) is 7.05. The van der Waals surface area contributed by atoms with Gasteiger partial charge in [0.25, 0.3) is 5.91 Å². The number of rotatable bonds is 6. The van der Waals surface area contributed by atoms with Gasteiger partial charge >= 0.3 is 5.97 Å². The largest absolute Gasteiger partial charge is 0.449 e. The molecule has 1 aromatic carbocycles. The van der Waals surface area contributed by atoms with Crippen LogP contribution in [0.1, 0.15) is 17.3 Å². The van der Waals surface area contributed by atoms with Gasteiger partial charge in [-0.2, -0.15) is 0 Å². The van der Waals surface area contributed by atoms with Crippen LogP contribution in [-0.2, 0) is 9.53 Å². The Balaban J connectivity index is 2.68. The molecule has 1 amide bonds. The van der Waals surface area contributed by atoms with Gasteiger partial charge in [0, 0.05) is 11.4 Å². The van der Waals surface area contributed by atoms with Crippen LogP contribution >= 0.6 is 11.8 Å².